The molecule has 0 N–H and O–H groups in total. The normalized spacial score (nSPS) is 10.5. The van der Waals surface area contributed by atoms with E-state index in [-0.39, 0.29) is 17.5 Å². The standard InChI is InChI=1S/C18H19F2NO2S/c1-21(11-12-23-15-8-6-14(19)7-9-15)18(22)10-13-24-17-5-3-2-4-16(17)20/h2-9H,10-13H2,1H3. The third kappa shape index (κ3) is 5.85. The van der Waals surface area contributed by atoms with Crippen molar-refractivity contribution in [1.82, 2.24) is 4.90 Å². The van der Waals surface area contributed by atoms with Crippen LogP contribution in [0.5, 0.6) is 5.75 Å². The van der Waals surface area contributed by atoms with E-state index in [9.17, 15) is 13.6 Å². The van der Waals surface area contributed by atoms with Crippen LogP contribution in [0.15, 0.2) is 53.4 Å². The number of thioether (sulfide) groups is 1. The van der Waals surface area contributed by atoms with Gasteiger partial charge in [-0.25, -0.2) is 8.78 Å². The maximum atomic E-state index is 13.5. The molecule has 0 heterocycles. The SMILES string of the molecule is CN(CCOc1ccc(F)cc1)C(=O)CCSc1ccccc1F. The number of nitrogens with zero attached hydrogens (tertiary/aromatic N) is 1. The number of hydrogen-bond donors (Lipinski definition) is 0. The van der Waals surface area contributed by atoms with Crippen molar-refractivity contribution >= 4 is 17.7 Å². The lowest BCUT2D eigenvalue weighted by molar-refractivity contribution is -0.129. The van der Waals surface area contributed by atoms with Crippen LogP contribution >= 0.6 is 11.8 Å². The Kier molecular flexibility index (Phi) is 7.06. The summed E-state index contributed by atoms with van der Waals surface area (Å²) >= 11 is 1.33. The average molecular weight is 351 g/mol. The smallest absolute Gasteiger partial charge is 0.223 e. The number of hydrogen-bond acceptors (Lipinski definition) is 3. The molecule has 0 fully saturated rings. The van der Waals surface area contributed by atoms with Gasteiger partial charge in [0.15, 0.2) is 0 Å². The second-order valence-electron chi connectivity index (χ2n) is 5.15. The first-order valence-electron chi connectivity index (χ1n) is 7.56. The van der Waals surface area contributed by atoms with Crippen LogP contribution < -0.4 is 4.74 Å². The Morgan fingerprint density at radius 3 is 2.54 bits per heavy atom. The summed E-state index contributed by atoms with van der Waals surface area (Å²) < 4.78 is 31.7. The molecule has 0 spiro atoms. The Bertz CT molecular complexity index is 664. The molecule has 0 aliphatic heterocycles. The zero-order valence-corrected chi connectivity index (χ0v) is 14.2. The molecule has 0 aliphatic rings. The molecule has 2 aromatic carbocycles. The van der Waals surface area contributed by atoms with E-state index < -0.39 is 0 Å². The molecule has 1 amide bonds. The monoisotopic (exact) mass is 351 g/mol. The quantitative estimate of drug-likeness (QED) is 0.674. The number of halogens is 2. The highest BCUT2D eigenvalue weighted by molar-refractivity contribution is 7.99. The zero-order chi connectivity index (χ0) is 17.4. The highest BCUT2D eigenvalue weighted by Gasteiger charge is 2.10. The van der Waals surface area contributed by atoms with Gasteiger partial charge in [-0.1, -0.05) is 12.1 Å². The molecule has 6 heteroatoms. The van der Waals surface area contributed by atoms with Crippen molar-refractivity contribution < 1.29 is 18.3 Å². The van der Waals surface area contributed by atoms with Gasteiger partial charge in [-0.15, -0.1) is 11.8 Å². The molecule has 0 unspecified atom stereocenters. The summed E-state index contributed by atoms with van der Waals surface area (Å²) in [5, 5.41) is 0. The maximum absolute atomic E-state index is 13.5. The molecule has 2 aromatic rings. The zero-order valence-electron chi connectivity index (χ0n) is 13.4. The molecule has 0 saturated heterocycles. The Morgan fingerprint density at radius 1 is 1.12 bits per heavy atom. The minimum Gasteiger partial charge on any atom is -0.492 e. The molecule has 3 nitrogen and oxygen atoms in total. The van der Waals surface area contributed by atoms with E-state index in [1.165, 1.54) is 30.0 Å². The van der Waals surface area contributed by atoms with Crippen LogP contribution in [-0.4, -0.2) is 36.8 Å². The fourth-order valence-corrected chi connectivity index (χ4v) is 2.83. The van der Waals surface area contributed by atoms with Gasteiger partial charge in [0.1, 0.15) is 24.0 Å². The maximum Gasteiger partial charge on any atom is 0.223 e. The Hall–Kier alpha value is -2.08. The second kappa shape index (κ2) is 9.27. The van der Waals surface area contributed by atoms with Gasteiger partial charge in [0, 0.05) is 24.1 Å². The molecule has 0 aromatic heterocycles. The Labute approximate surface area is 144 Å². The van der Waals surface area contributed by atoms with Crippen molar-refractivity contribution in [2.24, 2.45) is 0 Å². The van der Waals surface area contributed by atoms with E-state index in [4.69, 9.17) is 4.74 Å². The number of ether oxygens (including phenoxy) is 1. The Balaban J connectivity index is 1.66. The largest absolute Gasteiger partial charge is 0.492 e. The van der Waals surface area contributed by atoms with Crippen molar-refractivity contribution in [2.75, 3.05) is 26.0 Å². The molecule has 0 saturated carbocycles. The summed E-state index contributed by atoms with van der Waals surface area (Å²) in [5.41, 5.74) is 0. The molecule has 0 atom stereocenters. The lowest BCUT2D eigenvalue weighted by atomic mass is 10.3. The number of carbonyl (C=O) groups excluding carboxylic acids is 1. The topological polar surface area (TPSA) is 29.5 Å². The number of likely N-dealkylation sites (N-methyl/N-ethyl adjacent to an activating group) is 1. The molecule has 24 heavy (non-hydrogen) atoms. The van der Waals surface area contributed by atoms with E-state index >= 15 is 0 Å². The van der Waals surface area contributed by atoms with Crippen molar-refractivity contribution in [2.45, 2.75) is 11.3 Å². The van der Waals surface area contributed by atoms with Crippen LogP contribution in [0.2, 0.25) is 0 Å². The summed E-state index contributed by atoms with van der Waals surface area (Å²) in [5.74, 6) is 0.468. The fourth-order valence-electron chi connectivity index (χ4n) is 1.96. The molecule has 2 rings (SSSR count). The summed E-state index contributed by atoms with van der Waals surface area (Å²) in [4.78, 5) is 14.1. The van der Waals surface area contributed by atoms with Gasteiger partial charge in [0.05, 0.1) is 6.54 Å². The van der Waals surface area contributed by atoms with Crippen LogP contribution in [-0.2, 0) is 4.79 Å². The lowest BCUT2D eigenvalue weighted by Crippen LogP contribution is -2.31. The molecule has 0 bridgehead atoms. The fraction of sp³-hybridized carbons (Fsp3) is 0.278. The van der Waals surface area contributed by atoms with Gasteiger partial charge >= 0.3 is 0 Å². The van der Waals surface area contributed by atoms with E-state index in [1.54, 1.807) is 42.3 Å². The minimum atomic E-state index is -0.318. The molecule has 128 valence electrons. The highest BCUT2D eigenvalue weighted by Crippen LogP contribution is 2.21. The van der Waals surface area contributed by atoms with Crippen molar-refractivity contribution in [3.63, 3.8) is 0 Å². The molecular weight excluding hydrogens is 332 g/mol. The van der Waals surface area contributed by atoms with E-state index in [0.717, 1.165) is 0 Å². The third-order valence-electron chi connectivity index (χ3n) is 3.34. The van der Waals surface area contributed by atoms with Crippen molar-refractivity contribution in [3.05, 3.63) is 60.2 Å². The van der Waals surface area contributed by atoms with Crippen LogP contribution in [0, 0.1) is 11.6 Å². The van der Waals surface area contributed by atoms with E-state index in [2.05, 4.69) is 0 Å². The summed E-state index contributed by atoms with van der Waals surface area (Å²) in [6.45, 7) is 0.759. The predicted molar refractivity (Wildman–Crippen MR) is 91.3 cm³/mol. The van der Waals surface area contributed by atoms with Crippen molar-refractivity contribution in [1.29, 1.82) is 0 Å². The van der Waals surface area contributed by atoms with Crippen LogP contribution in [0.3, 0.4) is 0 Å². The first-order valence-corrected chi connectivity index (χ1v) is 8.54. The molecule has 0 aliphatic carbocycles. The van der Waals surface area contributed by atoms with Gasteiger partial charge in [-0.2, -0.15) is 0 Å². The number of amides is 1. The van der Waals surface area contributed by atoms with Crippen molar-refractivity contribution in [3.8, 4) is 5.75 Å². The van der Waals surface area contributed by atoms with Crippen LogP contribution in [0.4, 0.5) is 8.78 Å². The molecule has 0 radical (unpaired) electrons. The second-order valence-corrected chi connectivity index (χ2v) is 6.28. The van der Waals surface area contributed by atoms with Gasteiger partial charge < -0.3 is 9.64 Å². The third-order valence-corrected chi connectivity index (χ3v) is 4.40. The summed E-state index contributed by atoms with van der Waals surface area (Å²) in [6.07, 6.45) is 0.325. The average Bonchev–Trinajstić information content (AvgIpc) is 2.58. The van der Waals surface area contributed by atoms with Gasteiger partial charge in [-0.05, 0) is 36.4 Å². The lowest BCUT2D eigenvalue weighted by Gasteiger charge is -2.17. The number of carbonyl (C=O) groups is 1. The van der Waals surface area contributed by atoms with Crippen LogP contribution in [0.25, 0.3) is 0 Å². The summed E-state index contributed by atoms with van der Waals surface area (Å²) in [7, 11) is 1.70. The van der Waals surface area contributed by atoms with Gasteiger partial charge in [0.25, 0.3) is 0 Å². The van der Waals surface area contributed by atoms with E-state index in [0.29, 0.717) is 36.0 Å². The number of benzene rings is 2. The molecular formula is C18H19F2NO2S. The predicted octanol–water partition coefficient (Wildman–Crippen LogP) is 3.98. The first kappa shape index (κ1) is 18.3. The highest BCUT2D eigenvalue weighted by atomic mass is 32.2. The van der Waals surface area contributed by atoms with E-state index in [1.807, 2.05) is 0 Å². The summed E-state index contributed by atoms with van der Waals surface area (Å²) in [6, 6.07) is 12.2. The van der Waals surface area contributed by atoms with Crippen LogP contribution in [0.1, 0.15) is 6.42 Å². The first-order chi connectivity index (χ1) is 11.6. The number of rotatable bonds is 8. The minimum absolute atomic E-state index is 0.0263. The van der Waals surface area contributed by atoms with Gasteiger partial charge in [0.2, 0.25) is 5.91 Å². The van der Waals surface area contributed by atoms with Gasteiger partial charge in [-0.3, -0.25) is 4.79 Å². The Morgan fingerprint density at radius 2 is 1.83 bits per heavy atom.